The van der Waals surface area contributed by atoms with E-state index in [1.165, 1.54) is 22.7 Å². The number of thiazole rings is 1. The summed E-state index contributed by atoms with van der Waals surface area (Å²) in [5, 5.41) is 17.2. The Bertz CT molecular complexity index is 1130. The van der Waals surface area contributed by atoms with Gasteiger partial charge in [-0.05, 0) is 18.6 Å². The van der Waals surface area contributed by atoms with Crippen molar-refractivity contribution >= 4 is 51.7 Å². The summed E-state index contributed by atoms with van der Waals surface area (Å²) in [6.07, 6.45) is 1.48. The average molecular weight is 474 g/mol. The number of β-lactam (4-membered cyclic amide) rings is 1. The number of aromatic nitrogens is 1. The van der Waals surface area contributed by atoms with Crippen molar-refractivity contribution in [1.29, 1.82) is 0 Å². The Morgan fingerprint density at radius 3 is 2.78 bits per heavy atom. The van der Waals surface area contributed by atoms with Crippen LogP contribution in [-0.2, 0) is 25.8 Å². The van der Waals surface area contributed by atoms with Crippen molar-refractivity contribution in [2.45, 2.75) is 24.9 Å². The van der Waals surface area contributed by atoms with E-state index >= 15 is 0 Å². The highest BCUT2D eigenvalue weighted by Crippen LogP contribution is 2.37. The average Bonchev–Trinajstić information content (AvgIpc) is 3.21. The number of rotatable bonds is 7. The van der Waals surface area contributed by atoms with Crippen molar-refractivity contribution in [3.63, 3.8) is 0 Å². The molecular weight excluding hydrogens is 454 g/mol. The van der Waals surface area contributed by atoms with Gasteiger partial charge in [0.15, 0.2) is 10.8 Å². The molecule has 0 bridgehead atoms. The van der Waals surface area contributed by atoms with Gasteiger partial charge in [0.05, 0.1) is 0 Å². The number of carbonyl (C=O) groups is 3. The van der Waals surface area contributed by atoms with Crippen molar-refractivity contribution in [1.82, 2.24) is 15.2 Å². The molecule has 2 aliphatic rings. The van der Waals surface area contributed by atoms with Crippen LogP contribution < -0.4 is 11.1 Å². The number of hydrogen-bond acceptors (Lipinski definition) is 9. The highest BCUT2D eigenvalue weighted by Gasteiger charge is 2.53. The molecule has 1 fully saturated rings. The molecule has 4 N–H and O–H groups in total. The van der Waals surface area contributed by atoms with Crippen LogP contribution in [0.25, 0.3) is 0 Å². The Balaban J connectivity index is 1.48. The zero-order valence-corrected chi connectivity index (χ0v) is 18.5. The number of aliphatic carboxylic acids is 1. The summed E-state index contributed by atoms with van der Waals surface area (Å²) in [5.74, 6) is -1.92. The monoisotopic (exact) mass is 473 g/mol. The second-order valence-electron chi connectivity index (χ2n) is 7.05. The normalized spacial score (nSPS) is 20.2. The Morgan fingerprint density at radius 2 is 2.12 bits per heavy atom. The minimum absolute atomic E-state index is 0.0770. The van der Waals surface area contributed by atoms with Crippen LogP contribution in [0.3, 0.4) is 0 Å². The Labute approximate surface area is 191 Å². The van der Waals surface area contributed by atoms with Gasteiger partial charge in [-0.15, -0.1) is 23.1 Å². The van der Waals surface area contributed by atoms with E-state index in [0.717, 1.165) is 22.5 Å². The lowest BCUT2D eigenvalue weighted by molar-refractivity contribution is -0.150. The van der Waals surface area contributed by atoms with Gasteiger partial charge >= 0.3 is 5.97 Å². The summed E-state index contributed by atoms with van der Waals surface area (Å²) in [5.41, 5.74) is 7.70. The van der Waals surface area contributed by atoms with Crippen LogP contribution >= 0.6 is 23.1 Å². The summed E-state index contributed by atoms with van der Waals surface area (Å²) < 4.78 is 0. The first kappa shape index (κ1) is 21.8. The molecule has 2 aromatic rings. The molecule has 2 unspecified atom stereocenters. The van der Waals surface area contributed by atoms with Crippen molar-refractivity contribution in [3.8, 4) is 0 Å². The molecule has 4 rings (SSSR count). The number of anilines is 1. The van der Waals surface area contributed by atoms with Crippen molar-refractivity contribution in [3.05, 3.63) is 58.2 Å². The van der Waals surface area contributed by atoms with Gasteiger partial charge in [-0.2, -0.15) is 0 Å². The minimum Gasteiger partial charge on any atom is -0.477 e. The number of oxime groups is 1. The van der Waals surface area contributed by atoms with Gasteiger partial charge in [0.25, 0.3) is 11.8 Å². The van der Waals surface area contributed by atoms with Gasteiger partial charge in [0.2, 0.25) is 0 Å². The molecule has 2 atom stereocenters. The minimum atomic E-state index is -1.18. The van der Waals surface area contributed by atoms with Gasteiger partial charge in [-0.3, -0.25) is 14.5 Å². The topological polar surface area (TPSA) is 147 Å². The maximum Gasteiger partial charge on any atom is 0.352 e. The third-order valence-corrected chi connectivity index (χ3v) is 6.70. The summed E-state index contributed by atoms with van der Waals surface area (Å²) in [7, 11) is 0. The zero-order chi connectivity index (χ0) is 22.8. The SMILES string of the molecule is Cc1ccc(CO/N=C(/C(=O)NC2C(=O)N3C(C(=O)O)=CCSC23)c2csc(N)n2)cc1. The van der Waals surface area contributed by atoms with E-state index in [2.05, 4.69) is 15.5 Å². The van der Waals surface area contributed by atoms with E-state index in [0.29, 0.717) is 5.75 Å². The van der Waals surface area contributed by atoms with Gasteiger partial charge in [0.1, 0.15) is 29.4 Å². The first-order valence-electron chi connectivity index (χ1n) is 9.51. The molecule has 10 nitrogen and oxygen atoms in total. The first-order chi connectivity index (χ1) is 15.3. The lowest BCUT2D eigenvalue weighted by Gasteiger charge is -2.48. The predicted octanol–water partition coefficient (Wildman–Crippen LogP) is 1.32. The molecule has 0 aliphatic carbocycles. The summed E-state index contributed by atoms with van der Waals surface area (Å²) >= 11 is 2.50. The van der Waals surface area contributed by atoms with Crippen LogP contribution in [0.5, 0.6) is 0 Å². The Kier molecular flexibility index (Phi) is 6.15. The molecule has 12 heteroatoms. The summed E-state index contributed by atoms with van der Waals surface area (Å²) in [6, 6.07) is 6.77. The van der Waals surface area contributed by atoms with Crippen molar-refractivity contribution in [2.75, 3.05) is 11.5 Å². The maximum atomic E-state index is 13.0. The van der Waals surface area contributed by atoms with Crippen molar-refractivity contribution < 1.29 is 24.3 Å². The number of carbonyl (C=O) groups excluding carboxylic acids is 2. The molecule has 1 aromatic carbocycles. The van der Waals surface area contributed by atoms with E-state index in [-0.39, 0.29) is 28.8 Å². The van der Waals surface area contributed by atoms with E-state index in [1.54, 1.807) is 5.38 Å². The van der Waals surface area contributed by atoms with E-state index in [1.807, 2.05) is 31.2 Å². The number of fused-ring (bicyclic) bond motifs is 1. The largest absolute Gasteiger partial charge is 0.477 e. The summed E-state index contributed by atoms with van der Waals surface area (Å²) in [4.78, 5) is 47.5. The number of thioether (sulfide) groups is 1. The lowest BCUT2D eigenvalue weighted by atomic mass is 10.0. The standard InChI is InChI=1S/C20H19N5O5S2/c1-10-2-4-11(5-3-10)8-30-24-14(12-9-32-20(21)22-12)16(26)23-15-17(27)25-13(19(28)29)6-7-31-18(15)25/h2-6,9,15,18H,7-8H2,1H3,(H2,21,22)(H,23,26)(H,28,29)/b24-14+. The number of carboxylic acid groups (broad SMARTS) is 1. The third kappa shape index (κ3) is 4.32. The van der Waals surface area contributed by atoms with Crippen LogP contribution in [-0.4, -0.2) is 55.7 Å². The molecule has 32 heavy (non-hydrogen) atoms. The number of amides is 2. The molecule has 1 aromatic heterocycles. The number of nitrogens with two attached hydrogens (primary N) is 1. The highest BCUT2D eigenvalue weighted by atomic mass is 32.2. The maximum absolute atomic E-state index is 13.0. The highest BCUT2D eigenvalue weighted by molar-refractivity contribution is 8.00. The van der Waals surface area contributed by atoms with E-state index in [9.17, 15) is 19.5 Å². The van der Waals surface area contributed by atoms with Gasteiger partial charge in [0, 0.05) is 11.1 Å². The number of aryl methyl sites for hydroxylation is 1. The van der Waals surface area contributed by atoms with E-state index in [4.69, 9.17) is 10.6 Å². The molecule has 166 valence electrons. The first-order valence-corrected chi connectivity index (χ1v) is 11.4. The third-order valence-electron chi connectivity index (χ3n) is 4.84. The fourth-order valence-corrected chi connectivity index (χ4v) is 4.95. The van der Waals surface area contributed by atoms with E-state index < -0.39 is 29.2 Å². The van der Waals surface area contributed by atoms with Gasteiger partial charge in [-0.25, -0.2) is 9.78 Å². The molecular formula is C20H19N5O5S2. The second kappa shape index (κ2) is 9.01. The quantitative estimate of drug-likeness (QED) is 0.310. The predicted molar refractivity (Wildman–Crippen MR) is 120 cm³/mol. The fourth-order valence-electron chi connectivity index (χ4n) is 3.20. The molecule has 2 aliphatic heterocycles. The number of nitrogens with zero attached hydrogens (tertiary/aromatic N) is 3. The van der Waals surface area contributed by atoms with Crippen LogP contribution in [0.4, 0.5) is 5.13 Å². The number of nitrogen functional groups attached to an aromatic ring is 1. The molecule has 0 radical (unpaired) electrons. The molecule has 1 saturated heterocycles. The number of benzene rings is 1. The molecule has 3 heterocycles. The van der Waals surface area contributed by atoms with Crippen LogP contribution in [0.1, 0.15) is 16.8 Å². The van der Waals surface area contributed by atoms with Gasteiger partial charge < -0.3 is 21.0 Å². The smallest absolute Gasteiger partial charge is 0.352 e. The number of hydrogen-bond donors (Lipinski definition) is 3. The fraction of sp³-hybridized carbons (Fsp3) is 0.250. The zero-order valence-electron chi connectivity index (χ0n) is 16.8. The second-order valence-corrected chi connectivity index (χ2v) is 9.09. The molecule has 0 saturated carbocycles. The Morgan fingerprint density at radius 1 is 1.38 bits per heavy atom. The van der Waals surface area contributed by atoms with Crippen LogP contribution in [0, 0.1) is 6.92 Å². The molecule has 2 amide bonds. The van der Waals surface area contributed by atoms with Gasteiger partial charge in [-0.1, -0.05) is 35.0 Å². The number of nitrogens with one attached hydrogen (secondary N) is 1. The summed E-state index contributed by atoms with van der Waals surface area (Å²) in [6.45, 7) is 2.11. The number of carboxylic acids is 1. The van der Waals surface area contributed by atoms with Crippen molar-refractivity contribution in [2.24, 2.45) is 5.16 Å². The van der Waals surface area contributed by atoms with Crippen LogP contribution in [0.15, 0.2) is 46.6 Å². The molecule has 0 spiro atoms. The lowest BCUT2D eigenvalue weighted by Crippen LogP contribution is -2.70. The van der Waals surface area contributed by atoms with Crippen LogP contribution in [0.2, 0.25) is 0 Å². The Hall–Kier alpha value is -3.38.